The lowest BCUT2D eigenvalue weighted by molar-refractivity contribution is 0.495. The van der Waals surface area contributed by atoms with Crippen molar-refractivity contribution in [3.05, 3.63) is 40.8 Å². The van der Waals surface area contributed by atoms with Crippen LogP contribution in [0.2, 0.25) is 0 Å². The summed E-state index contributed by atoms with van der Waals surface area (Å²) >= 11 is 1.82. The Bertz CT molecular complexity index is 380. The lowest BCUT2D eigenvalue weighted by atomic mass is 10.2. The maximum absolute atomic E-state index is 4.17. The molecule has 86 valence electrons. The molecule has 3 nitrogen and oxygen atoms in total. The Morgan fingerprint density at radius 3 is 3.12 bits per heavy atom. The molecule has 0 radical (unpaired) electrons. The Labute approximate surface area is 100 Å². The molecule has 0 aliphatic heterocycles. The highest BCUT2D eigenvalue weighted by atomic mass is 32.1. The molecule has 0 saturated heterocycles. The summed E-state index contributed by atoms with van der Waals surface area (Å²) in [5.41, 5.74) is 0. The SMILES string of the molecule is CC(Cc1cccs1)NCCn1cccn1. The van der Waals surface area contributed by atoms with Crippen molar-refractivity contribution < 1.29 is 0 Å². The minimum atomic E-state index is 0.522. The Balaban J connectivity index is 1.66. The summed E-state index contributed by atoms with van der Waals surface area (Å²) in [7, 11) is 0. The molecule has 0 aromatic carbocycles. The fourth-order valence-electron chi connectivity index (χ4n) is 1.66. The Morgan fingerprint density at radius 1 is 1.50 bits per heavy atom. The summed E-state index contributed by atoms with van der Waals surface area (Å²) in [6.45, 7) is 4.12. The maximum Gasteiger partial charge on any atom is 0.0534 e. The van der Waals surface area contributed by atoms with Crippen LogP contribution in [-0.4, -0.2) is 22.4 Å². The Kier molecular flexibility index (Phi) is 4.13. The number of rotatable bonds is 6. The van der Waals surface area contributed by atoms with E-state index in [-0.39, 0.29) is 0 Å². The summed E-state index contributed by atoms with van der Waals surface area (Å²) in [5, 5.41) is 9.80. The molecule has 0 aliphatic rings. The molecule has 2 aromatic rings. The van der Waals surface area contributed by atoms with E-state index in [1.807, 2.05) is 34.5 Å². The molecule has 0 amide bonds. The highest BCUT2D eigenvalue weighted by Crippen LogP contribution is 2.10. The van der Waals surface area contributed by atoms with Crippen LogP contribution in [-0.2, 0) is 13.0 Å². The molecule has 2 aromatic heterocycles. The fraction of sp³-hybridized carbons (Fsp3) is 0.417. The number of aromatic nitrogens is 2. The average Bonchev–Trinajstić information content (AvgIpc) is 2.90. The predicted molar refractivity (Wildman–Crippen MR) is 67.7 cm³/mol. The van der Waals surface area contributed by atoms with Crippen molar-refractivity contribution in [1.82, 2.24) is 15.1 Å². The van der Waals surface area contributed by atoms with Gasteiger partial charge in [0.15, 0.2) is 0 Å². The largest absolute Gasteiger partial charge is 0.312 e. The van der Waals surface area contributed by atoms with Gasteiger partial charge in [0.05, 0.1) is 6.54 Å². The van der Waals surface area contributed by atoms with Gasteiger partial charge in [-0.3, -0.25) is 4.68 Å². The quantitative estimate of drug-likeness (QED) is 0.831. The molecule has 1 atom stereocenters. The third-order valence-corrected chi connectivity index (χ3v) is 3.38. The van der Waals surface area contributed by atoms with E-state index in [2.05, 4.69) is 34.9 Å². The number of nitrogens with one attached hydrogen (secondary N) is 1. The van der Waals surface area contributed by atoms with E-state index in [0.29, 0.717) is 6.04 Å². The molecular formula is C12H17N3S. The average molecular weight is 235 g/mol. The van der Waals surface area contributed by atoms with Crippen molar-refractivity contribution in [2.24, 2.45) is 0 Å². The van der Waals surface area contributed by atoms with Gasteiger partial charge in [0, 0.05) is 29.9 Å². The summed E-state index contributed by atoms with van der Waals surface area (Å²) < 4.78 is 1.95. The molecule has 2 rings (SSSR count). The van der Waals surface area contributed by atoms with E-state index in [4.69, 9.17) is 0 Å². The van der Waals surface area contributed by atoms with Crippen LogP contribution in [0.25, 0.3) is 0 Å². The topological polar surface area (TPSA) is 29.9 Å². The van der Waals surface area contributed by atoms with Gasteiger partial charge in [0.2, 0.25) is 0 Å². The number of nitrogens with zero attached hydrogens (tertiary/aromatic N) is 2. The minimum absolute atomic E-state index is 0.522. The second kappa shape index (κ2) is 5.82. The standard InChI is InChI=1S/C12H17N3S/c1-11(10-12-4-2-9-16-12)13-6-8-15-7-3-5-14-15/h2-5,7,9,11,13H,6,8,10H2,1H3. The van der Waals surface area contributed by atoms with Gasteiger partial charge in [-0.05, 0) is 30.9 Å². The van der Waals surface area contributed by atoms with Gasteiger partial charge in [0.25, 0.3) is 0 Å². The summed E-state index contributed by atoms with van der Waals surface area (Å²) in [4.78, 5) is 1.44. The van der Waals surface area contributed by atoms with Crippen LogP contribution in [0, 0.1) is 0 Å². The molecule has 1 N–H and O–H groups in total. The van der Waals surface area contributed by atoms with Crippen LogP contribution in [0.15, 0.2) is 36.0 Å². The zero-order valence-electron chi connectivity index (χ0n) is 9.47. The maximum atomic E-state index is 4.17. The highest BCUT2D eigenvalue weighted by Gasteiger charge is 2.03. The first-order valence-corrected chi connectivity index (χ1v) is 6.46. The second-order valence-corrected chi connectivity index (χ2v) is 4.94. The second-order valence-electron chi connectivity index (χ2n) is 3.91. The molecule has 0 fully saturated rings. The normalized spacial score (nSPS) is 12.8. The molecule has 2 heterocycles. The van der Waals surface area contributed by atoms with Crippen molar-refractivity contribution in [3.8, 4) is 0 Å². The Hall–Kier alpha value is -1.13. The number of thiophene rings is 1. The summed E-state index contributed by atoms with van der Waals surface area (Å²) in [5.74, 6) is 0. The number of hydrogen-bond donors (Lipinski definition) is 1. The third kappa shape index (κ3) is 3.47. The van der Waals surface area contributed by atoms with Crippen LogP contribution >= 0.6 is 11.3 Å². The van der Waals surface area contributed by atoms with Crippen LogP contribution in [0.4, 0.5) is 0 Å². The van der Waals surface area contributed by atoms with Gasteiger partial charge in [-0.25, -0.2) is 0 Å². The lowest BCUT2D eigenvalue weighted by Gasteiger charge is -2.12. The van der Waals surface area contributed by atoms with Crippen LogP contribution in [0.1, 0.15) is 11.8 Å². The smallest absolute Gasteiger partial charge is 0.0534 e. The molecule has 0 saturated carbocycles. The van der Waals surface area contributed by atoms with Gasteiger partial charge in [-0.15, -0.1) is 11.3 Å². The zero-order chi connectivity index (χ0) is 11.2. The van der Waals surface area contributed by atoms with Gasteiger partial charge < -0.3 is 5.32 Å². The minimum Gasteiger partial charge on any atom is -0.312 e. The van der Waals surface area contributed by atoms with Crippen molar-refractivity contribution in [3.63, 3.8) is 0 Å². The summed E-state index contributed by atoms with van der Waals surface area (Å²) in [6, 6.07) is 6.77. The monoisotopic (exact) mass is 235 g/mol. The predicted octanol–water partition coefficient (Wildman–Crippen LogP) is 2.17. The molecular weight excluding hydrogens is 218 g/mol. The van der Waals surface area contributed by atoms with Crippen LogP contribution in [0.3, 0.4) is 0 Å². The zero-order valence-corrected chi connectivity index (χ0v) is 10.3. The molecule has 0 aliphatic carbocycles. The van der Waals surface area contributed by atoms with E-state index in [9.17, 15) is 0 Å². The van der Waals surface area contributed by atoms with Crippen molar-refractivity contribution in [2.45, 2.75) is 25.9 Å². The van der Waals surface area contributed by atoms with E-state index in [0.717, 1.165) is 19.5 Å². The lowest BCUT2D eigenvalue weighted by Crippen LogP contribution is -2.30. The van der Waals surface area contributed by atoms with Crippen molar-refractivity contribution in [2.75, 3.05) is 6.54 Å². The summed E-state index contributed by atoms with van der Waals surface area (Å²) in [6.07, 6.45) is 4.91. The van der Waals surface area contributed by atoms with Crippen LogP contribution in [0.5, 0.6) is 0 Å². The van der Waals surface area contributed by atoms with E-state index in [1.165, 1.54) is 4.88 Å². The molecule has 16 heavy (non-hydrogen) atoms. The Morgan fingerprint density at radius 2 is 2.44 bits per heavy atom. The van der Waals surface area contributed by atoms with E-state index < -0.39 is 0 Å². The molecule has 1 unspecified atom stereocenters. The first kappa shape index (κ1) is 11.4. The number of hydrogen-bond acceptors (Lipinski definition) is 3. The van der Waals surface area contributed by atoms with E-state index >= 15 is 0 Å². The van der Waals surface area contributed by atoms with E-state index in [1.54, 1.807) is 0 Å². The fourth-order valence-corrected chi connectivity index (χ4v) is 2.50. The van der Waals surface area contributed by atoms with Crippen LogP contribution < -0.4 is 5.32 Å². The van der Waals surface area contributed by atoms with Crippen molar-refractivity contribution in [1.29, 1.82) is 0 Å². The first-order chi connectivity index (χ1) is 7.84. The highest BCUT2D eigenvalue weighted by molar-refractivity contribution is 7.09. The van der Waals surface area contributed by atoms with Gasteiger partial charge in [0.1, 0.15) is 0 Å². The van der Waals surface area contributed by atoms with Gasteiger partial charge >= 0.3 is 0 Å². The van der Waals surface area contributed by atoms with Crippen molar-refractivity contribution >= 4 is 11.3 Å². The molecule has 0 bridgehead atoms. The van der Waals surface area contributed by atoms with Gasteiger partial charge in [-0.2, -0.15) is 5.10 Å². The molecule has 4 heteroatoms. The van der Waals surface area contributed by atoms with Gasteiger partial charge in [-0.1, -0.05) is 6.07 Å². The first-order valence-electron chi connectivity index (χ1n) is 5.58. The molecule has 0 spiro atoms. The third-order valence-electron chi connectivity index (χ3n) is 2.48.